The lowest BCUT2D eigenvalue weighted by Gasteiger charge is -2.01. The maximum absolute atomic E-state index is 12.1. The van der Waals surface area contributed by atoms with Crippen molar-refractivity contribution in [3.05, 3.63) is 34.5 Å². The highest BCUT2D eigenvalue weighted by molar-refractivity contribution is 6.31. The van der Waals surface area contributed by atoms with Crippen LogP contribution in [0.1, 0.15) is 49.2 Å². The lowest BCUT2D eigenvalue weighted by Crippen LogP contribution is -2.17. The van der Waals surface area contributed by atoms with E-state index in [0.29, 0.717) is 22.5 Å². The number of halogens is 1. The summed E-state index contributed by atoms with van der Waals surface area (Å²) in [6.45, 7) is 4.01. The largest absolute Gasteiger partial charge is 0.461 e. The number of nitrogens with one attached hydrogen (secondary N) is 2. The maximum Gasteiger partial charge on any atom is 0.355 e. The average molecular weight is 350 g/mol. The molecule has 0 saturated carbocycles. The number of H-pyrrole nitrogens is 1. The van der Waals surface area contributed by atoms with Crippen molar-refractivity contribution in [1.82, 2.24) is 10.4 Å². The minimum absolute atomic E-state index is 0.159. The van der Waals surface area contributed by atoms with Gasteiger partial charge in [0.1, 0.15) is 5.69 Å². The molecule has 1 heterocycles. The number of carbonyl (C=O) groups is 2. The molecule has 0 fully saturated rings. The quantitative estimate of drug-likeness (QED) is 0.454. The SMILES string of the molecule is CCCCC(=O)N/N=C/c1c(C(=O)OCC)[nH]c2cc(Cl)ccc12. The van der Waals surface area contributed by atoms with Gasteiger partial charge in [0.15, 0.2) is 0 Å². The van der Waals surface area contributed by atoms with E-state index in [1.807, 2.05) is 6.92 Å². The monoisotopic (exact) mass is 349 g/mol. The van der Waals surface area contributed by atoms with Crippen molar-refractivity contribution < 1.29 is 14.3 Å². The van der Waals surface area contributed by atoms with Crippen LogP contribution in [0.4, 0.5) is 0 Å². The third-order valence-corrected chi connectivity index (χ3v) is 3.66. The van der Waals surface area contributed by atoms with Crippen molar-refractivity contribution in [3.8, 4) is 0 Å². The maximum atomic E-state index is 12.1. The Morgan fingerprint density at radius 2 is 2.17 bits per heavy atom. The molecule has 0 atom stereocenters. The van der Waals surface area contributed by atoms with Gasteiger partial charge >= 0.3 is 5.97 Å². The summed E-state index contributed by atoms with van der Waals surface area (Å²) in [5, 5.41) is 5.28. The van der Waals surface area contributed by atoms with E-state index in [0.717, 1.165) is 18.2 Å². The van der Waals surface area contributed by atoms with E-state index in [1.165, 1.54) is 6.21 Å². The number of rotatable bonds is 7. The van der Waals surface area contributed by atoms with E-state index in [9.17, 15) is 9.59 Å². The van der Waals surface area contributed by atoms with E-state index < -0.39 is 5.97 Å². The predicted octanol–water partition coefficient (Wildman–Crippen LogP) is 3.64. The number of amides is 1. The minimum atomic E-state index is -0.483. The van der Waals surface area contributed by atoms with Crippen molar-refractivity contribution in [2.24, 2.45) is 5.10 Å². The van der Waals surface area contributed by atoms with Gasteiger partial charge in [-0.3, -0.25) is 4.79 Å². The standard InChI is InChI=1S/C17H20ClN3O3/c1-3-5-6-15(22)21-19-10-13-12-8-7-11(18)9-14(12)20-16(13)17(23)24-4-2/h7-10,20H,3-6H2,1-2H3,(H,21,22)/b19-10+. The third-order valence-electron chi connectivity index (χ3n) is 3.42. The number of carbonyl (C=O) groups excluding carboxylic acids is 2. The van der Waals surface area contributed by atoms with Crippen LogP contribution < -0.4 is 5.43 Å². The number of aromatic amines is 1. The Balaban J connectivity index is 2.30. The Morgan fingerprint density at radius 3 is 2.88 bits per heavy atom. The van der Waals surface area contributed by atoms with E-state index in [-0.39, 0.29) is 18.2 Å². The Labute approximate surface area is 145 Å². The van der Waals surface area contributed by atoms with Gasteiger partial charge in [-0.1, -0.05) is 31.0 Å². The van der Waals surface area contributed by atoms with Crippen molar-refractivity contribution in [2.45, 2.75) is 33.1 Å². The molecule has 128 valence electrons. The Kier molecular flexibility index (Phi) is 6.37. The van der Waals surface area contributed by atoms with Crippen LogP contribution in [0.2, 0.25) is 5.02 Å². The molecule has 1 amide bonds. The van der Waals surface area contributed by atoms with Gasteiger partial charge in [0.25, 0.3) is 0 Å². The molecule has 1 aromatic carbocycles. The van der Waals surface area contributed by atoms with Gasteiger partial charge < -0.3 is 9.72 Å². The highest BCUT2D eigenvalue weighted by Gasteiger charge is 2.18. The number of benzene rings is 1. The van der Waals surface area contributed by atoms with Gasteiger partial charge in [0.05, 0.1) is 12.8 Å². The molecule has 2 rings (SSSR count). The number of hydrazone groups is 1. The molecular formula is C17H20ClN3O3. The second-order valence-electron chi connectivity index (χ2n) is 5.22. The van der Waals surface area contributed by atoms with Crippen LogP contribution in [-0.4, -0.2) is 29.7 Å². The number of hydrogen-bond donors (Lipinski definition) is 2. The lowest BCUT2D eigenvalue weighted by molar-refractivity contribution is -0.121. The van der Waals surface area contributed by atoms with Crippen molar-refractivity contribution in [3.63, 3.8) is 0 Å². The molecule has 1 aromatic heterocycles. The molecule has 2 N–H and O–H groups in total. The summed E-state index contributed by atoms with van der Waals surface area (Å²) >= 11 is 5.99. The zero-order valence-electron chi connectivity index (χ0n) is 13.7. The summed E-state index contributed by atoms with van der Waals surface area (Å²) < 4.78 is 5.06. The zero-order valence-corrected chi connectivity index (χ0v) is 14.4. The first-order valence-corrected chi connectivity index (χ1v) is 8.24. The van der Waals surface area contributed by atoms with E-state index in [2.05, 4.69) is 15.5 Å². The molecule has 0 saturated heterocycles. The minimum Gasteiger partial charge on any atom is -0.461 e. The summed E-state index contributed by atoms with van der Waals surface area (Å²) in [5.74, 6) is -0.641. The molecule has 0 aliphatic rings. The molecule has 7 heteroatoms. The van der Waals surface area contributed by atoms with Crippen LogP contribution in [0.25, 0.3) is 10.9 Å². The molecule has 0 spiro atoms. The molecule has 0 bridgehead atoms. The van der Waals surface area contributed by atoms with E-state index in [4.69, 9.17) is 16.3 Å². The summed E-state index contributed by atoms with van der Waals surface area (Å²) in [4.78, 5) is 26.7. The molecular weight excluding hydrogens is 330 g/mol. The molecule has 24 heavy (non-hydrogen) atoms. The fourth-order valence-corrected chi connectivity index (χ4v) is 2.42. The van der Waals surface area contributed by atoms with Gasteiger partial charge in [-0.15, -0.1) is 0 Å². The lowest BCUT2D eigenvalue weighted by atomic mass is 10.1. The van der Waals surface area contributed by atoms with E-state index >= 15 is 0 Å². The summed E-state index contributed by atoms with van der Waals surface area (Å²) in [7, 11) is 0. The molecule has 2 aromatic rings. The number of hydrogen-bond acceptors (Lipinski definition) is 4. The number of ether oxygens (including phenoxy) is 1. The van der Waals surface area contributed by atoms with Crippen LogP contribution in [0.15, 0.2) is 23.3 Å². The smallest absolute Gasteiger partial charge is 0.355 e. The first-order chi connectivity index (χ1) is 11.6. The fraction of sp³-hybridized carbons (Fsp3) is 0.353. The topological polar surface area (TPSA) is 83.6 Å². The first kappa shape index (κ1) is 18.0. The summed E-state index contributed by atoms with van der Waals surface area (Å²) in [6.07, 6.45) is 3.61. The zero-order chi connectivity index (χ0) is 17.5. The Morgan fingerprint density at radius 1 is 1.38 bits per heavy atom. The third kappa shape index (κ3) is 4.35. The molecule has 0 radical (unpaired) electrons. The summed E-state index contributed by atoms with van der Waals surface area (Å²) in [5.41, 5.74) is 4.00. The number of nitrogens with zero attached hydrogens (tertiary/aromatic N) is 1. The van der Waals surface area contributed by atoms with Crippen LogP contribution in [-0.2, 0) is 9.53 Å². The number of fused-ring (bicyclic) bond motifs is 1. The highest BCUT2D eigenvalue weighted by Crippen LogP contribution is 2.24. The molecule has 0 aliphatic carbocycles. The second kappa shape index (κ2) is 8.49. The van der Waals surface area contributed by atoms with Crippen LogP contribution in [0, 0.1) is 0 Å². The molecule has 0 aliphatic heterocycles. The second-order valence-corrected chi connectivity index (χ2v) is 5.66. The number of unbranched alkanes of at least 4 members (excludes halogenated alkanes) is 1. The highest BCUT2D eigenvalue weighted by atomic mass is 35.5. The Bertz CT molecular complexity index is 768. The van der Waals surface area contributed by atoms with Crippen molar-refractivity contribution >= 4 is 40.6 Å². The Hall–Kier alpha value is -2.34. The van der Waals surface area contributed by atoms with Crippen LogP contribution >= 0.6 is 11.6 Å². The molecule has 6 nitrogen and oxygen atoms in total. The van der Waals surface area contributed by atoms with Crippen molar-refractivity contribution in [2.75, 3.05) is 6.61 Å². The fourth-order valence-electron chi connectivity index (χ4n) is 2.25. The van der Waals surface area contributed by atoms with Gasteiger partial charge in [0.2, 0.25) is 5.91 Å². The number of aromatic nitrogens is 1. The van der Waals surface area contributed by atoms with Crippen LogP contribution in [0.5, 0.6) is 0 Å². The normalized spacial score (nSPS) is 11.1. The van der Waals surface area contributed by atoms with Gasteiger partial charge in [-0.2, -0.15) is 5.10 Å². The molecule has 0 unspecified atom stereocenters. The predicted molar refractivity (Wildman–Crippen MR) is 94.5 cm³/mol. The van der Waals surface area contributed by atoms with Crippen molar-refractivity contribution in [1.29, 1.82) is 0 Å². The van der Waals surface area contributed by atoms with Gasteiger partial charge in [0, 0.05) is 27.9 Å². The first-order valence-electron chi connectivity index (χ1n) is 7.87. The number of esters is 1. The van der Waals surface area contributed by atoms with E-state index in [1.54, 1.807) is 25.1 Å². The average Bonchev–Trinajstić information content (AvgIpc) is 2.91. The van der Waals surface area contributed by atoms with Crippen LogP contribution in [0.3, 0.4) is 0 Å². The summed E-state index contributed by atoms with van der Waals surface area (Å²) in [6, 6.07) is 5.23. The van der Waals surface area contributed by atoms with Gasteiger partial charge in [-0.05, 0) is 25.5 Å². The van der Waals surface area contributed by atoms with Gasteiger partial charge in [-0.25, -0.2) is 10.2 Å².